The minimum absolute atomic E-state index is 0.0385. The van der Waals surface area contributed by atoms with E-state index in [1.54, 1.807) is 6.20 Å². The van der Waals surface area contributed by atoms with Gasteiger partial charge in [0.15, 0.2) is 0 Å². The lowest BCUT2D eigenvalue weighted by Gasteiger charge is -2.32. The summed E-state index contributed by atoms with van der Waals surface area (Å²) in [4.78, 5) is 31.1. The molecule has 1 amide bonds. The number of rotatable bonds is 8. The molecule has 8 nitrogen and oxygen atoms in total. The van der Waals surface area contributed by atoms with E-state index < -0.39 is 0 Å². The normalized spacial score (nSPS) is 17.5. The second kappa shape index (κ2) is 9.88. The highest BCUT2D eigenvalue weighted by Crippen LogP contribution is 2.31. The smallest absolute Gasteiger partial charge is 0.259 e. The number of carbonyl (C=O) groups excluding carboxylic acids is 1. The van der Waals surface area contributed by atoms with Gasteiger partial charge in [0.1, 0.15) is 0 Å². The molecule has 1 N–H and O–H groups in total. The number of hydrogen-bond donors (Lipinski definition) is 1. The van der Waals surface area contributed by atoms with E-state index in [1.807, 2.05) is 35.6 Å². The Balaban J connectivity index is 1.39. The first kappa shape index (κ1) is 23.1. The number of nitrogens with one attached hydrogen (secondary N) is 1. The SMILES string of the molecule is CCOCCOC1CCN(C(=O)c2cc3c(cc2C)[nH]c(=O)c2cnn(CC4CCC4)c23)CC1. The van der Waals surface area contributed by atoms with E-state index in [2.05, 4.69) is 10.1 Å². The van der Waals surface area contributed by atoms with Gasteiger partial charge in [-0.3, -0.25) is 14.3 Å². The first-order valence-electron chi connectivity index (χ1n) is 12.6. The summed E-state index contributed by atoms with van der Waals surface area (Å²) in [5.74, 6) is 0.651. The summed E-state index contributed by atoms with van der Waals surface area (Å²) in [6.07, 6.45) is 7.16. The number of aryl methyl sites for hydroxylation is 1. The van der Waals surface area contributed by atoms with E-state index in [1.165, 1.54) is 19.3 Å². The molecule has 0 spiro atoms. The number of piperidine rings is 1. The van der Waals surface area contributed by atoms with E-state index in [-0.39, 0.29) is 17.6 Å². The van der Waals surface area contributed by atoms with Crippen molar-refractivity contribution in [1.82, 2.24) is 19.7 Å². The Morgan fingerprint density at radius 3 is 2.65 bits per heavy atom. The molecular formula is C26H34N4O4. The molecule has 1 aliphatic heterocycles. The molecule has 3 aromatic rings. The van der Waals surface area contributed by atoms with Crippen LogP contribution in [0.1, 0.15) is 54.9 Å². The van der Waals surface area contributed by atoms with Crippen LogP contribution in [-0.2, 0) is 16.0 Å². The molecule has 34 heavy (non-hydrogen) atoms. The van der Waals surface area contributed by atoms with E-state index in [0.717, 1.165) is 41.4 Å². The van der Waals surface area contributed by atoms with Gasteiger partial charge in [-0.1, -0.05) is 6.42 Å². The van der Waals surface area contributed by atoms with Crippen molar-refractivity contribution in [2.45, 2.75) is 58.6 Å². The molecule has 2 fully saturated rings. The van der Waals surface area contributed by atoms with Crippen molar-refractivity contribution >= 4 is 27.7 Å². The van der Waals surface area contributed by atoms with Crippen LogP contribution in [0.15, 0.2) is 23.1 Å². The van der Waals surface area contributed by atoms with Crippen LogP contribution in [0.25, 0.3) is 21.8 Å². The summed E-state index contributed by atoms with van der Waals surface area (Å²) >= 11 is 0. The molecule has 2 aliphatic rings. The minimum Gasteiger partial charge on any atom is -0.379 e. The Morgan fingerprint density at radius 2 is 1.94 bits per heavy atom. The van der Waals surface area contributed by atoms with Crippen molar-refractivity contribution in [3.05, 3.63) is 39.8 Å². The summed E-state index contributed by atoms with van der Waals surface area (Å²) in [6, 6.07) is 3.88. The van der Waals surface area contributed by atoms with Gasteiger partial charge < -0.3 is 19.4 Å². The average Bonchev–Trinajstić information content (AvgIpc) is 3.24. The van der Waals surface area contributed by atoms with Crippen LogP contribution in [-0.4, -0.2) is 64.6 Å². The third kappa shape index (κ3) is 4.49. The van der Waals surface area contributed by atoms with Gasteiger partial charge in [-0.2, -0.15) is 5.10 Å². The van der Waals surface area contributed by atoms with Crippen molar-refractivity contribution < 1.29 is 14.3 Å². The average molecular weight is 467 g/mol. The third-order valence-electron chi connectivity index (χ3n) is 7.35. The van der Waals surface area contributed by atoms with E-state index in [0.29, 0.717) is 49.8 Å². The molecule has 0 unspecified atom stereocenters. The highest BCUT2D eigenvalue weighted by Gasteiger charge is 2.26. The van der Waals surface area contributed by atoms with Gasteiger partial charge in [-0.15, -0.1) is 0 Å². The van der Waals surface area contributed by atoms with Gasteiger partial charge >= 0.3 is 0 Å². The van der Waals surface area contributed by atoms with Crippen molar-refractivity contribution in [1.29, 1.82) is 0 Å². The fourth-order valence-corrected chi connectivity index (χ4v) is 5.14. The van der Waals surface area contributed by atoms with Gasteiger partial charge in [0.25, 0.3) is 11.5 Å². The van der Waals surface area contributed by atoms with Crippen LogP contribution >= 0.6 is 0 Å². The number of amides is 1. The van der Waals surface area contributed by atoms with Crippen LogP contribution in [0, 0.1) is 12.8 Å². The van der Waals surface area contributed by atoms with Crippen LogP contribution in [0.3, 0.4) is 0 Å². The summed E-state index contributed by atoms with van der Waals surface area (Å²) in [5.41, 5.74) is 3.01. The second-order valence-electron chi connectivity index (χ2n) is 9.61. The van der Waals surface area contributed by atoms with Gasteiger partial charge in [0, 0.05) is 37.2 Å². The summed E-state index contributed by atoms with van der Waals surface area (Å²) in [5, 5.41) is 6.00. The molecule has 0 bridgehead atoms. The van der Waals surface area contributed by atoms with Gasteiger partial charge in [0.05, 0.1) is 41.9 Å². The maximum absolute atomic E-state index is 13.5. The number of carbonyl (C=O) groups is 1. The number of nitrogens with zero attached hydrogens (tertiary/aromatic N) is 3. The summed E-state index contributed by atoms with van der Waals surface area (Å²) in [6.45, 7) is 7.98. The second-order valence-corrected chi connectivity index (χ2v) is 9.61. The van der Waals surface area contributed by atoms with Crippen molar-refractivity contribution in [2.24, 2.45) is 5.92 Å². The number of H-pyrrole nitrogens is 1. The summed E-state index contributed by atoms with van der Waals surface area (Å²) < 4.78 is 13.2. The zero-order valence-electron chi connectivity index (χ0n) is 20.1. The topological polar surface area (TPSA) is 89.4 Å². The molecule has 3 heterocycles. The predicted molar refractivity (Wildman–Crippen MR) is 131 cm³/mol. The largest absolute Gasteiger partial charge is 0.379 e. The van der Waals surface area contributed by atoms with Crippen molar-refractivity contribution in [3.8, 4) is 0 Å². The number of aromatic amines is 1. The highest BCUT2D eigenvalue weighted by atomic mass is 16.5. The molecule has 8 heteroatoms. The lowest BCUT2D eigenvalue weighted by Crippen LogP contribution is -2.41. The van der Waals surface area contributed by atoms with Crippen molar-refractivity contribution in [3.63, 3.8) is 0 Å². The Morgan fingerprint density at radius 1 is 1.15 bits per heavy atom. The molecule has 1 saturated heterocycles. The van der Waals surface area contributed by atoms with Gasteiger partial charge in [0.2, 0.25) is 0 Å². The van der Waals surface area contributed by atoms with Crippen LogP contribution < -0.4 is 5.56 Å². The van der Waals surface area contributed by atoms with Crippen LogP contribution in [0.4, 0.5) is 0 Å². The molecular weight excluding hydrogens is 432 g/mol. The van der Waals surface area contributed by atoms with Crippen LogP contribution in [0.2, 0.25) is 0 Å². The fraction of sp³-hybridized carbons (Fsp3) is 0.577. The summed E-state index contributed by atoms with van der Waals surface area (Å²) in [7, 11) is 0. The van der Waals surface area contributed by atoms with Crippen molar-refractivity contribution in [2.75, 3.05) is 32.9 Å². The number of likely N-dealkylation sites (tertiary alicyclic amines) is 1. The number of fused-ring (bicyclic) bond motifs is 3. The molecule has 1 aromatic carbocycles. The molecule has 1 aliphatic carbocycles. The van der Waals surface area contributed by atoms with E-state index >= 15 is 0 Å². The van der Waals surface area contributed by atoms with E-state index in [4.69, 9.17) is 9.47 Å². The van der Waals surface area contributed by atoms with Gasteiger partial charge in [-0.25, -0.2) is 0 Å². The number of aromatic nitrogens is 3. The standard InChI is InChI=1S/C26H34N4O4/c1-3-33-11-12-34-19-7-9-29(10-8-19)26(32)20-14-21-23(13-17(20)2)28-25(31)22-15-27-30(24(21)22)16-18-5-4-6-18/h13-15,18-19H,3-12,16H2,1-2H3,(H,28,31). The number of hydrogen-bond acceptors (Lipinski definition) is 5. The zero-order valence-corrected chi connectivity index (χ0v) is 20.1. The molecule has 182 valence electrons. The quantitative estimate of drug-likeness (QED) is 0.512. The number of benzene rings is 1. The lowest BCUT2D eigenvalue weighted by atomic mass is 9.85. The zero-order chi connectivity index (χ0) is 23.7. The first-order chi connectivity index (χ1) is 16.5. The molecule has 0 atom stereocenters. The maximum atomic E-state index is 13.5. The molecule has 1 saturated carbocycles. The minimum atomic E-state index is -0.132. The van der Waals surface area contributed by atoms with E-state index in [9.17, 15) is 9.59 Å². The Hall–Kier alpha value is -2.71. The molecule has 2 aromatic heterocycles. The fourth-order valence-electron chi connectivity index (χ4n) is 5.14. The lowest BCUT2D eigenvalue weighted by molar-refractivity contribution is -0.0182. The number of ether oxygens (including phenoxy) is 2. The Labute approximate surface area is 199 Å². The Bertz CT molecular complexity index is 1240. The predicted octanol–water partition coefficient (Wildman–Crippen LogP) is 3.64. The van der Waals surface area contributed by atoms with Gasteiger partial charge in [-0.05, 0) is 63.1 Å². The molecule has 0 radical (unpaired) electrons. The number of pyridine rings is 1. The maximum Gasteiger partial charge on any atom is 0.259 e. The Kier molecular flexibility index (Phi) is 6.70. The third-order valence-corrected chi connectivity index (χ3v) is 7.35. The highest BCUT2D eigenvalue weighted by molar-refractivity contribution is 6.07. The first-order valence-corrected chi connectivity index (χ1v) is 12.6. The van der Waals surface area contributed by atoms with Crippen LogP contribution in [0.5, 0.6) is 0 Å². The molecule has 5 rings (SSSR count). The monoisotopic (exact) mass is 466 g/mol.